The average Bonchev–Trinajstić information content (AvgIpc) is 2.53. The number of rotatable bonds is 5. The van der Waals surface area contributed by atoms with Crippen molar-refractivity contribution >= 4 is 0 Å². The fraction of sp³-hybridized carbons (Fsp3) is 0.579. The van der Waals surface area contributed by atoms with Crippen LogP contribution in [0.4, 0.5) is 0 Å². The van der Waals surface area contributed by atoms with Crippen molar-refractivity contribution < 1.29 is 14.2 Å². The molecule has 0 unspecified atom stereocenters. The molecule has 0 bridgehead atoms. The molecular weight excluding hydrogens is 276 g/mol. The first kappa shape index (κ1) is 16.9. The Morgan fingerprint density at radius 1 is 1.09 bits per heavy atom. The van der Waals surface area contributed by atoms with Crippen LogP contribution >= 0.6 is 0 Å². The molecule has 3 heteroatoms. The van der Waals surface area contributed by atoms with Gasteiger partial charge in [0.2, 0.25) is 0 Å². The monoisotopic (exact) mass is 304 g/mol. The van der Waals surface area contributed by atoms with Gasteiger partial charge in [-0.3, -0.25) is 0 Å². The maximum Gasteiger partial charge on any atom is 0.122 e. The lowest BCUT2D eigenvalue weighted by Gasteiger charge is -2.41. The minimum Gasteiger partial charge on any atom is -0.497 e. The van der Waals surface area contributed by atoms with Crippen molar-refractivity contribution in [2.75, 3.05) is 21.3 Å². The van der Waals surface area contributed by atoms with Gasteiger partial charge in [0.05, 0.1) is 19.8 Å². The highest BCUT2D eigenvalue weighted by Gasteiger charge is 2.38. The van der Waals surface area contributed by atoms with Gasteiger partial charge < -0.3 is 14.2 Å². The number of methoxy groups -OCH3 is 3. The van der Waals surface area contributed by atoms with E-state index in [4.69, 9.17) is 14.2 Å². The van der Waals surface area contributed by atoms with Crippen LogP contribution in [0.2, 0.25) is 0 Å². The van der Waals surface area contributed by atoms with Gasteiger partial charge >= 0.3 is 0 Å². The summed E-state index contributed by atoms with van der Waals surface area (Å²) < 4.78 is 16.8. The van der Waals surface area contributed by atoms with Crippen LogP contribution in [0.25, 0.3) is 0 Å². The third-order valence-electron chi connectivity index (χ3n) is 4.96. The van der Waals surface area contributed by atoms with Crippen LogP contribution in [-0.4, -0.2) is 26.9 Å². The van der Waals surface area contributed by atoms with E-state index in [2.05, 4.69) is 32.9 Å². The Bertz CT molecular complexity index is 546. The summed E-state index contributed by atoms with van der Waals surface area (Å²) in [6.45, 7) is 6.55. The molecule has 0 saturated carbocycles. The normalized spacial score (nSPS) is 22.2. The van der Waals surface area contributed by atoms with Crippen molar-refractivity contribution in [3.8, 4) is 11.5 Å². The van der Waals surface area contributed by atoms with Crippen molar-refractivity contribution in [2.24, 2.45) is 5.92 Å². The van der Waals surface area contributed by atoms with E-state index >= 15 is 0 Å². The maximum atomic E-state index is 5.79. The zero-order valence-corrected chi connectivity index (χ0v) is 14.6. The third-order valence-corrected chi connectivity index (χ3v) is 4.96. The predicted octanol–water partition coefficient (Wildman–Crippen LogP) is 4.57. The highest BCUT2D eigenvalue weighted by Crippen LogP contribution is 2.46. The Hall–Kier alpha value is -1.48. The molecule has 2 rings (SSSR count). The molecular formula is C19H28O3. The van der Waals surface area contributed by atoms with Crippen LogP contribution in [0, 0.1) is 5.92 Å². The van der Waals surface area contributed by atoms with Crippen LogP contribution in [-0.2, 0) is 4.74 Å². The van der Waals surface area contributed by atoms with Crippen molar-refractivity contribution in [2.45, 2.75) is 45.1 Å². The number of benzene rings is 1. The lowest BCUT2D eigenvalue weighted by Crippen LogP contribution is -2.38. The smallest absolute Gasteiger partial charge is 0.122 e. The minimum absolute atomic E-state index is 0.185. The molecule has 2 atom stereocenters. The van der Waals surface area contributed by atoms with Gasteiger partial charge in [-0.15, -0.1) is 0 Å². The summed E-state index contributed by atoms with van der Waals surface area (Å²) in [6, 6.07) is 6.03. The summed E-state index contributed by atoms with van der Waals surface area (Å²) >= 11 is 0. The molecule has 0 saturated heterocycles. The molecule has 1 aliphatic carbocycles. The number of hydrogen-bond donors (Lipinski definition) is 0. The van der Waals surface area contributed by atoms with Gasteiger partial charge in [0, 0.05) is 18.6 Å². The van der Waals surface area contributed by atoms with E-state index in [1.807, 2.05) is 12.1 Å². The van der Waals surface area contributed by atoms with E-state index in [1.54, 1.807) is 21.3 Å². The molecule has 3 nitrogen and oxygen atoms in total. The Morgan fingerprint density at radius 2 is 1.82 bits per heavy atom. The second-order valence-electron chi connectivity index (χ2n) is 6.60. The maximum absolute atomic E-state index is 5.79. The Morgan fingerprint density at radius 3 is 2.41 bits per heavy atom. The molecule has 0 spiro atoms. The highest BCUT2D eigenvalue weighted by molar-refractivity contribution is 5.45. The fourth-order valence-corrected chi connectivity index (χ4v) is 3.41. The summed E-state index contributed by atoms with van der Waals surface area (Å²) in [5.74, 6) is 2.45. The van der Waals surface area contributed by atoms with Crippen LogP contribution in [0.5, 0.6) is 11.5 Å². The highest BCUT2D eigenvalue weighted by atomic mass is 16.5. The number of hydrogen-bond acceptors (Lipinski definition) is 3. The van der Waals surface area contributed by atoms with Crippen LogP contribution < -0.4 is 9.47 Å². The molecule has 0 radical (unpaired) electrons. The van der Waals surface area contributed by atoms with Crippen molar-refractivity contribution in [3.05, 3.63) is 35.4 Å². The van der Waals surface area contributed by atoms with E-state index in [1.165, 1.54) is 11.1 Å². The Balaban J connectivity index is 2.52. The standard InChI is InChI=1S/C19H28O3/c1-13-7-9-17(19(2,3)22-6)15(11-13)16-12-14(20-4)8-10-18(16)21-5/h8,10-12,15,17H,7,9H2,1-6H3/t15-,17+/m0/s1. The topological polar surface area (TPSA) is 27.7 Å². The summed E-state index contributed by atoms with van der Waals surface area (Å²) in [5, 5.41) is 0. The van der Waals surface area contributed by atoms with E-state index < -0.39 is 0 Å². The summed E-state index contributed by atoms with van der Waals surface area (Å²) in [5.41, 5.74) is 2.42. The summed E-state index contributed by atoms with van der Waals surface area (Å²) in [4.78, 5) is 0. The molecule has 0 heterocycles. The quantitative estimate of drug-likeness (QED) is 0.746. The van der Waals surface area contributed by atoms with Gasteiger partial charge in [0.15, 0.2) is 0 Å². The summed E-state index contributed by atoms with van der Waals surface area (Å²) in [6.07, 6.45) is 4.61. The van der Waals surface area contributed by atoms with Gasteiger partial charge in [-0.05, 0) is 57.7 Å². The largest absolute Gasteiger partial charge is 0.497 e. The first-order chi connectivity index (χ1) is 10.4. The van der Waals surface area contributed by atoms with E-state index in [9.17, 15) is 0 Å². The van der Waals surface area contributed by atoms with Crippen molar-refractivity contribution in [1.82, 2.24) is 0 Å². The zero-order valence-electron chi connectivity index (χ0n) is 14.6. The van der Waals surface area contributed by atoms with Gasteiger partial charge in [-0.2, -0.15) is 0 Å². The zero-order chi connectivity index (χ0) is 16.3. The van der Waals surface area contributed by atoms with E-state index in [0.29, 0.717) is 5.92 Å². The molecule has 0 aliphatic heterocycles. The van der Waals surface area contributed by atoms with Gasteiger partial charge in [0.1, 0.15) is 11.5 Å². The molecule has 0 N–H and O–H groups in total. The van der Waals surface area contributed by atoms with Gasteiger partial charge in [-0.25, -0.2) is 0 Å². The van der Waals surface area contributed by atoms with Crippen molar-refractivity contribution in [3.63, 3.8) is 0 Å². The fourth-order valence-electron chi connectivity index (χ4n) is 3.41. The first-order valence-corrected chi connectivity index (χ1v) is 7.87. The molecule has 1 aromatic carbocycles. The summed E-state index contributed by atoms with van der Waals surface area (Å²) in [7, 11) is 5.22. The first-order valence-electron chi connectivity index (χ1n) is 7.87. The van der Waals surface area contributed by atoms with E-state index in [0.717, 1.165) is 24.3 Å². The molecule has 0 fully saturated rings. The SMILES string of the molecule is COc1ccc(OC)c([C@@H]2C=C(C)CC[C@H]2C(C)(C)OC)c1. The van der Waals surface area contributed by atoms with Gasteiger partial charge in [-0.1, -0.05) is 11.6 Å². The Labute approximate surface area is 134 Å². The van der Waals surface area contributed by atoms with Gasteiger partial charge in [0.25, 0.3) is 0 Å². The molecule has 0 aromatic heterocycles. The predicted molar refractivity (Wildman–Crippen MR) is 89.9 cm³/mol. The third kappa shape index (κ3) is 3.30. The second-order valence-corrected chi connectivity index (χ2v) is 6.60. The molecule has 122 valence electrons. The average molecular weight is 304 g/mol. The Kier molecular flexibility index (Phi) is 5.17. The molecule has 1 aromatic rings. The molecule has 22 heavy (non-hydrogen) atoms. The van der Waals surface area contributed by atoms with Crippen molar-refractivity contribution in [1.29, 1.82) is 0 Å². The van der Waals surface area contributed by atoms with Crippen LogP contribution in [0.15, 0.2) is 29.8 Å². The molecule has 0 amide bonds. The lowest BCUT2D eigenvalue weighted by atomic mass is 9.70. The van der Waals surface area contributed by atoms with Crippen LogP contribution in [0.3, 0.4) is 0 Å². The second kappa shape index (κ2) is 6.74. The lowest BCUT2D eigenvalue weighted by molar-refractivity contribution is -0.0375. The molecule has 1 aliphatic rings. The minimum atomic E-state index is -0.185. The van der Waals surface area contributed by atoms with Crippen LogP contribution in [0.1, 0.15) is 45.1 Å². The van der Waals surface area contributed by atoms with E-state index in [-0.39, 0.29) is 11.5 Å². The number of ether oxygens (including phenoxy) is 3. The number of allylic oxidation sites excluding steroid dienone is 2.